The van der Waals surface area contributed by atoms with Crippen LogP contribution in [-0.2, 0) is 0 Å². The first-order chi connectivity index (χ1) is 9.34. The van der Waals surface area contributed by atoms with E-state index in [1.165, 1.54) is 0 Å². The van der Waals surface area contributed by atoms with Gasteiger partial charge in [0.25, 0.3) is 5.91 Å². The lowest BCUT2D eigenvalue weighted by Gasteiger charge is -2.40. The third-order valence-electron chi connectivity index (χ3n) is 4.15. The molecular formula is C14H21N3OS. The second-order valence-corrected chi connectivity index (χ2v) is 6.23. The van der Waals surface area contributed by atoms with Crippen LogP contribution in [0.4, 0.5) is 0 Å². The van der Waals surface area contributed by atoms with Crippen LogP contribution in [-0.4, -0.2) is 61.0 Å². The quantitative estimate of drug-likeness (QED) is 0.885. The van der Waals surface area contributed by atoms with Crippen molar-refractivity contribution in [1.82, 2.24) is 15.1 Å². The second-order valence-electron chi connectivity index (χ2n) is 5.29. The van der Waals surface area contributed by atoms with E-state index in [0.717, 1.165) is 57.0 Å². The second kappa shape index (κ2) is 6.03. The van der Waals surface area contributed by atoms with Gasteiger partial charge >= 0.3 is 0 Å². The number of nitrogens with zero attached hydrogens (tertiary/aromatic N) is 2. The van der Waals surface area contributed by atoms with Crippen LogP contribution in [0.3, 0.4) is 0 Å². The van der Waals surface area contributed by atoms with Gasteiger partial charge in [-0.05, 0) is 24.3 Å². The van der Waals surface area contributed by atoms with E-state index in [-0.39, 0.29) is 5.91 Å². The molecule has 5 heteroatoms. The van der Waals surface area contributed by atoms with Gasteiger partial charge in [0.2, 0.25) is 0 Å². The van der Waals surface area contributed by atoms with Gasteiger partial charge < -0.3 is 10.2 Å². The Hall–Kier alpha value is -0.910. The van der Waals surface area contributed by atoms with Gasteiger partial charge in [0.05, 0.1) is 4.88 Å². The van der Waals surface area contributed by atoms with Crippen molar-refractivity contribution in [3.63, 3.8) is 0 Å². The average Bonchev–Trinajstić information content (AvgIpc) is 3.02. The van der Waals surface area contributed by atoms with Gasteiger partial charge in [-0.1, -0.05) is 6.07 Å². The van der Waals surface area contributed by atoms with E-state index >= 15 is 0 Å². The van der Waals surface area contributed by atoms with Crippen molar-refractivity contribution in [3.05, 3.63) is 22.4 Å². The summed E-state index contributed by atoms with van der Waals surface area (Å²) in [4.78, 5) is 17.7. The zero-order valence-electron chi connectivity index (χ0n) is 11.2. The van der Waals surface area contributed by atoms with Gasteiger partial charge in [-0.3, -0.25) is 9.69 Å². The summed E-state index contributed by atoms with van der Waals surface area (Å²) in [5.41, 5.74) is 0. The van der Waals surface area contributed by atoms with E-state index in [4.69, 9.17) is 0 Å². The Morgan fingerprint density at radius 3 is 2.58 bits per heavy atom. The van der Waals surface area contributed by atoms with Gasteiger partial charge in [0.1, 0.15) is 0 Å². The van der Waals surface area contributed by atoms with E-state index in [1.807, 2.05) is 22.4 Å². The number of carbonyl (C=O) groups excluding carboxylic acids is 1. The molecule has 1 N–H and O–H groups in total. The van der Waals surface area contributed by atoms with Crippen LogP contribution >= 0.6 is 11.3 Å². The standard InChI is InChI=1S/C14H21N3OS/c18-14(13-2-1-11-19-13)17-7-3-12(4-8-17)16-9-5-15-6-10-16/h1-2,11-12,15H,3-10H2. The normalized spacial score (nSPS) is 22.6. The van der Waals surface area contributed by atoms with Crippen molar-refractivity contribution in [2.45, 2.75) is 18.9 Å². The number of rotatable bonds is 2. The molecule has 3 heterocycles. The maximum absolute atomic E-state index is 12.3. The Labute approximate surface area is 118 Å². The number of nitrogens with one attached hydrogen (secondary N) is 1. The highest BCUT2D eigenvalue weighted by molar-refractivity contribution is 7.12. The molecule has 2 aliphatic heterocycles. The maximum atomic E-state index is 12.3. The highest BCUT2D eigenvalue weighted by Gasteiger charge is 2.28. The first-order valence-electron chi connectivity index (χ1n) is 7.12. The zero-order chi connectivity index (χ0) is 13.1. The van der Waals surface area contributed by atoms with Crippen molar-refractivity contribution in [1.29, 1.82) is 0 Å². The van der Waals surface area contributed by atoms with Crippen LogP contribution in [0.15, 0.2) is 17.5 Å². The highest BCUT2D eigenvalue weighted by Crippen LogP contribution is 2.20. The van der Waals surface area contributed by atoms with Crippen LogP contribution in [0, 0.1) is 0 Å². The summed E-state index contributed by atoms with van der Waals surface area (Å²) in [5.74, 6) is 0.216. The number of thiophene rings is 1. The van der Waals surface area contributed by atoms with Crippen molar-refractivity contribution in [2.75, 3.05) is 39.3 Å². The lowest BCUT2D eigenvalue weighted by molar-refractivity contribution is 0.0605. The molecular weight excluding hydrogens is 258 g/mol. The summed E-state index contributed by atoms with van der Waals surface area (Å²) in [5, 5.41) is 5.37. The fourth-order valence-corrected chi connectivity index (χ4v) is 3.73. The van der Waals surface area contributed by atoms with Crippen LogP contribution in [0.2, 0.25) is 0 Å². The molecule has 19 heavy (non-hydrogen) atoms. The maximum Gasteiger partial charge on any atom is 0.263 e. The molecule has 0 unspecified atom stereocenters. The van der Waals surface area contributed by atoms with E-state index in [0.29, 0.717) is 6.04 Å². The molecule has 0 aliphatic carbocycles. The van der Waals surface area contributed by atoms with Gasteiger partial charge in [-0.15, -0.1) is 11.3 Å². The Kier molecular flexibility index (Phi) is 4.15. The molecule has 104 valence electrons. The molecule has 0 spiro atoms. The molecule has 1 aromatic rings. The van der Waals surface area contributed by atoms with Gasteiger partial charge in [-0.25, -0.2) is 0 Å². The summed E-state index contributed by atoms with van der Waals surface area (Å²) in [6.45, 7) is 6.34. The minimum absolute atomic E-state index is 0.216. The summed E-state index contributed by atoms with van der Waals surface area (Å²) in [7, 11) is 0. The topological polar surface area (TPSA) is 35.6 Å². The van der Waals surface area contributed by atoms with Crippen LogP contribution in [0.5, 0.6) is 0 Å². The molecule has 0 saturated carbocycles. The third-order valence-corrected chi connectivity index (χ3v) is 5.01. The molecule has 0 atom stereocenters. The zero-order valence-corrected chi connectivity index (χ0v) is 12.0. The smallest absolute Gasteiger partial charge is 0.263 e. The Bertz CT molecular complexity index is 406. The molecule has 2 aliphatic rings. The Balaban J connectivity index is 1.53. The number of hydrogen-bond acceptors (Lipinski definition) is 4. The van der Waals surface area contributed by atoms with E-state index < -0.39 is 0 Å². The molecule has 2 fully saturated rings. The third kappa shape index (κ3) is 2.99. The minimum atomic E-state index is 0.216. The van der Waals surface area contributed by atoms with Gasteiger partial charge in [0.15, 0.2) is 0 Å². The van der Waals surface area contributed by atoms with Crippen molar-refractivity contribution >= 4 is 17.2 Å². The van der Waals surface area contributed by atoms with Gasteiger partial charge in [0, 0.05) is 45.3 Å². The number of piperazine rings is 1. The monoisotopic (exact) mass is 279 g/mol. The Morgan fingerprint density at radius 1 is 1.21 bits per heavy atom. The molecule has 2 saturated heterocycles. The van der Waals surface area contributed by atoms with Gasteiger partial charge in [-0.2, -0.15) is 0 Å². The fraction of sp³-hybridized carbons (Fsp3) is 0.643. The molecule has 3 rings (SSSR count). The predicted octanol–water partition coefficient (Wildman–Crippen LogP) is 1.26. The SMILES string of the molecule is O=C(c1cccs1)N1CCC(N2CCNCC2)CC1. The van der Waals surface area contributed by atoms with Crippen LogP contribution < -0.4 is 5.32 Å². The Morgan fingerprint density at radius 2 is 1.95 bits per heavy atom. The summed E-state index contributed by atoms with van der Waals surface area (Å²) in [6, 6.07) is 4.55. The lowest BCUT2D eigenvalue weighted by atomic mass is 10.0. The summed E-state index contributed by atoms with van der Waals surface area (Å²) in [6.07, 6.45) is 2.24. The molecule has 1 aromatic heterocycles. The van der Waals surface area contributed by atoms with Crippen LogP contribution in [0.25, 0.3) is 0 Å². The van der Waals surface area contributed by atoms with Crippen molar-refractivity contribution in [2.24, 2.45) is 0 Å². The molecule has 0 bridgehead atoms. The number of carbonyl (C=O) groups is 1. The largest absolute Gasteiger partial charge is 0.338 e. The first-order valence-corrected chi connectivity index (χ1v) is 8.00. The average molecular weight is 279 g/mol. The molecule has 4 nitrogen and oxygen atoms in total. The predicted molar refractivity (Wildman–Crippen MR) is 77.7 cm³/mol. The van der Waals surface area contributed by atoms with E-state index in [2.05, 4.69) is 10.2 Å². The summed E-state index contributed by atoms with van der Waals surface area (Å²) < 4.78 is 0. The number of hydrogen-bond donors (Lipinski definition) is 1. The van der Waals surface area contributed by atoms with Crippen molar-refractivity contribution < 1.29 is 4.79 Å². The number of likely N-dealkylation sites (tertiary alicyclic amines) is 1. The minimum Gasteiger partial charge on any atom is -0.338 e. The molecule has 1 amide bonds. The van der Waals surface area contributed by atoms with E-state index in [1.54, 1.807) is 11.3 Å². The summed E-state index contributed by atoms with van der Waals surface area (Å²) >= 11 is 1.54. The first kappa shape index (κ1) is 13.1. The van der Waals surface area contributed by atoms with Crippen molar-refractivity contribution in [3.8, 4) is 0 Å². The van der Waals surface area contributed by atoms with Crippen LogP contribution in [0.1, 0.15) is 22.5 Å². The van der Waals surface area contributed by atoms with E-state index in [9.17, 15) is 4.79 Å². The highest BCUT2D eigenvalue weighted by atomic mass is 32.1. The molecule has 0 radical (unpaired) electrons. The lowest BCUT2D eigenvalue weighted by Crippen LogP contribution is -2.52. The number of piperidine rings is 1. The molecule has 0 aromatic carbocycles. The number of amides is 1. The fourth-order valence-electron chi connectivity index (χ4n) is 3.04.